The van der Waals surface area contributed by atoms with Crippen LogP contribution in [-0.2, 0) is 13.2 Å². The van der Waals surface area contributed by atoms with Crippen molar-refractivity contribution in [3.63, 3.8) is 0 Å². The molecule has 0 unspecified atom stereocenters. The van der Waals surface area contributed by atoms with Gasteiger partial charge in [0.2, 0.25) is 0 Å². The number of rotatable bonds is 7. The Morgan fingerprint density at radius 1 is 0.941 bits per heavy atom. The van der Waals surface area contributed by atoms with Crippen LogP contribution >= 0.6 is 23.2 Å². The summed E-state index contributed by atoms with van der Waals surface area (Å²) in [5.74, 6) is 1.10. The van der Waals surface area contributed by atoms with Gasteiger partial charge in [0, 0.05) is 17.3 Å². The molecule has 0 saturated heterocycles. The SMILES string of the molecule is Cc1ccc(C)c(OCc2cccc(C(=O)Nc3cc(C)n(Cc4ccc(Cl)c(Cl)c4)n3)c2)c1. The van der Waals surface area contributed by atoms with Crippen LogP contribution in [0.2, 0.25) is 10.0 Å². The van der Waals surface area contributed by atoms with Crippen LogP contribution in [0.15, 0.2) is 66.7 Å². The number of nitrogens with zero attached hydrogens (tertiary/aromatic N) is 2. The molecule has 0 aliphatic carbocycles. The van der Waals surface area contributed by atoms with Crippen molar-refractivity contribution in [3.8, 4) is 5.75 Å². The minimum absolute atomic E-state index is 0.229. The fourth-order valence-electron chi connectivity index (χ4n) is 3.56. The highest BCUT2D eigenvalue weighted by Gasteiger charge is 2.12. The molecule has 5 nitrogen and oxygen atoms in total. The van der Waals surface area contributed by atoms with E-state index in [1.165, 1.54) is 0 Å². The Labute approximate surface area is 209 Å². The molecule has 0 radical (unpaired) electrons. The first kappa shape index (κ1) is 23.9. The third kappa shape index (κ3) is 5.79. The zero-order chi connectivity index (χ0) is 24.2. The highest BCUT2D eigenvalue weighted by atomic mass is 35.5. The monoisotopic (exact) mass is 493 g/mol. The number of carbonyl (C=O) groups is 1. The van der Waals surface area contributed by atoms with E-state index < -0.39 is 0 Å². The number of hydrogen-bond donors (Lipinski definition) is 1. The maximum absolute atomic E-state index is 12.9. The molecule has 1 aromatic heterocycles. The van der Waals surface area contributed by atoms with Crippen molar-refractivity contribution < 1.29 is 9.53 Å². The smallest absolute Gasteiger partial charge is 0.256 e. The van der Waals surface area contributed by atoms with Gasteiger partial charge in [-0.25, -0.2) is 0 Å². The van der Waals surface area contributed by atoms with Crippen LogP contribution in [0.3, 0.4) is 0 Å². The molecule has 34 heavy (non-hydrogen) atoms. The minimum Gasteiger partial charge on any atom is -0.489 e. The van der Waals surface area contributed by atoms with Gasteiger partial charge in [0.15, 0.2) is 5.82 Å². The van der Waals surface area contributed by atoms with Gasteiger partial charge in [-0.2, -0.15) is 5.10 Å². The molecule has 3 aromatic carbocycles. The van der Waals surface area contributed by atoms with E-state index in [1.807, 2.05) is 74.0 Å². The highest BCUT2D eigenvalue weighted by molar-refractivity contribution is 6.42. The average Bonchev–Trinajstić information content (AvgIpc) is 3.15. The molecular weight excluding hydrogens is 469 g/mol. The Morgan fingerprint density at radius 2 is 1.76 bits per heavy atom. The highest BCUT2D eigenvalue weighted by Crippen LogP contribution is 2.24. The predicted octanol–water partition coefficient (Wildman–Crippen LogP) is 6.99. The second-order valence-electron chi connectivity index (χ2n) is 8.29. The van der Waals surface area contributed by atoms with Gasteiger partial charge in [-0.1, -0.05) is 53.5 Å². The molecule has 1 N–H and O–H groups in total. The summed E-state index contributed by atoms with van der Waals surface area (Å²) in [7, 11) is 0. The largest absolute Gasteiger partial charge is 0.489 e. The molecule has 174 valence electrons. The number of amides is 1. The molecule has 1 heterocycles. The summed E-state index contributed by atoms with van der Waals surface area (Å²) < 4.78 is 7.79. The Kier molecular flexibility index (Phi) is 7.25. The molecule has 0 fully saturated rings. The van der Waals surface area contributed by atoms with Crippen molar-refractivity contribution in [2.75, 3.05) is 5.32 Å². The maximum atomic E-state index is 12.9. The number of anilines is 1. The van der Waals surface area contributed by atoms with Gasteiger partial charge in [0.1, 0.15) is 12.4 Å². The first-order valence-electron chi connectivity index (χ1n) is 10.9. The number of aromatic nitrogens is 2. The average molecular weight is 494 g/mol. The van der Waals surface area contributed by atoms with E-state index in [2.05, 4.69) is 16.5 Å². The summed E-state index contributed by atoms with van der Waals surface area (Å²) in [6.45, 7) is 6.88. The molecule has 0 atom stereocenters. The van der Waals surface area contributed by atoms with Crippen LogP contribution in [0.4, 0.5) is 5.82 Å². The number of hydrogen-bond acceptors (Lipinski definition) is 3. The first-order valence-corrected chi connectivity index (χ1v) is 11.6. The van der Waals surface area contributed by atoms with E-state index in [-0.39, 0.29) is 5.91 Å². The van der Waals surface area contributed by atoms with E-state index in [1.54, 1.807) is 12.1 Å². The lowest BCUT2D eigenvalue weighted by molar-refractivity contribution is 0.102. The second-order valence-corrected chi connectivity index (χ2v) is 9.10. The second kappa shape index (κ2) is 10.3. The lowest BCUT2D eigenvalue weighted by Gasteiger charge is -2.11. The van der Waals surface area contributed by atoms with Crippen LogP contribution in [0.25, 0.3) is 0 Å². The number of halogens is 2. The van der Waals surface area contributed by atoms with Gasteiger partial charge >= 0.3 is 0 Å². The Hall–Kier alpha value is -3.28. The molecule has 0 aliphatic rings. The number of ether oxygens (including phenoxy) is 1. The van der Waals surface area contributed by atoms with Gasteiger partial charge in [-0.15, -0.1) is 0 Å². The molecule has 0 bridgehead atoms. The molecule has 0 aliphatic heterocycles. The third-order valence-corrected chi connectivity index (χ3v) is 6.21. The molecule has 0 spiro atoms. The molecule has 4 aromatic rings. The van der Waals surface area contributed by atoms with Crippen molar-refractivity contribution in [1.82, 2.24) is 9.78 Å². The van der Waals surface area contributed by atoms with E-state index in [0.717, 1.165) is 33.7 Å². The normalized spacial score (nSPS) is 10.9. The molecule has 0 saturated carbocycles. The topological polar surface area (TPSA) is 56.1 Å². The first-order chi connectivity index (χ1) is 16.3. The van der Waals surface area contributed by atoms with Gasteiger partial charge in [-0.3, -0.25) is 9.48 Å². The van der Waals surface area contributed by atoms with Crippen molar-refractivity contribution in [2.24, 2.45) is 0 Å². The molecular formula is C27H25Cl2N3O2. The zero-order valence-electron chi connectivity index (χ0n) is 19.2. The van der Waals surface area contributed by atoms with Crippen LogP contribution in [0, 0.1) is 20.8 Å². The van der Waals surface area contributed by atoms with Gasteiger partial charge in [0.25, 0.3) is 5.91 Å². The Morgan fingerprint density at radius 3 is 2.56 bits per heavy atom. The number of carbonyl (C=O) groups excluding carboxylic acids is 1. The minimum atomic E-state index is -0.229. The van der Waals surface area contributed by atoms with Crippen molar-refractivity contribution >= 4 is 34.9 Å². The fourth-order valence-corrected chi connectivity index (χ4v) is 3.88. The van der Waals surface area contributed by atoms with E-state index in [0.29, 0.717) is 34.6 Å². The molecule has 7 heteroatoms. The van der Waals surface area contributed by atoms with Crippen molar-refractivity contribution in [1.29, 1.82) is 0 Å². The summed E-state index contributed by atoms with van der Waals surface area (Å²) >= 11 is 12.1. The van der Waals surface area contributed by atoms with E-state index >= 15 is 0 Å². The van der Waals surface area contributed by atoms with Gasteiger partial charge < -0.3 is 10.1 Å². The van der Waals surface area contributed by atoms with Gasteiger partial charge in [0.05, 0.1) is 16.6 Å². The zero-order valence-corrected chi connectivity index (χ0v) is 20.7. The summed E-state index contributed by atoms with van der Waals surface area (Å²) in [5, 5.41) is 8.42. The maximum Gasteiger partial charge on any atom is 0.256 e. The molecule has 1 amide bonds. The Balaban J connectivity index is 1.42. The van der Waals surface area contributed by atoms with Crippen molar-refractivity contribution in [3.05, 3.63) is 110 Å². The standard InChI is InChI=1S/C27H25Cl2N3O2/c1-17-7-8-18(2)25(11-17)34-16-21-5-4-6-22(13-21)27(33)30-26-12-19(3)32(31-26)15-20-9-10-23(28)24(29)14-20/h4-14H,15-16H2,1-3H3,(H,30,31,33). The van der Waals surface area contributed by atoms with Crippen LogP contribution < -0.4 is 10.1 Å². The van der Waals surface area contributed by atoms with Crippen molar-refractivity contribution in [2.45, 2.75) is 33.9 Å². The molecule has 4 rings (SSSR count). The fraction of sp³-hybridized carbons (Fsp3) is 0.185. The third-order valence-electron chi connectivity index (χ3n) is 5.47. The number of aryl methyl sites for hydroxylation is 3. The summed E-state index contributed by atoms with van der Waals surface area (Å²) in [4.78, 5) is 12.9. The summed E-state index contributed by atoms with van der Waals surface area (Å²) in [6, 6.07) is 20.8. The van der Waals surface area contributed by atoms with Crippen LogP contribution in [-0.4, -0.2) is 15.7 Å². The van der Waals surface area contributed by atoms with Crippen LogP contribution in [0.5, 0.6) is 5.75 Å². The van der Waals surface area contributed by atoms with E-state index in [4.69, 9.17) is 27.9 Å². The lowest BCUT2D eigenvalue weighted by atomic mass is 10.1. The quantitative estimate of drug-likeness (QED) is 0.301. The predicted molar refractivity (Wildman–Crippen MR) is 137 cm³/mol. The van der Waals surface area contributed by atoms with E-state index in [9.17, 15) is 4.79 Å². The lowest BCUT2D eigenvalue weighted by Crippen LogP contribution is -2.13. The summed E-state index contributed by atoms with van der Waals surface area (Å²) in [5.41, 5.74) is 5.55. The number of nitrogens with one attached hydrogen (secondary N) is 1. The van der Waals surface area contributed by atoms with Crippen LogP contribution in [0.1, 0.15) is 38.3 Å². The summed E-state index contributed by atoms with van der Waals surface area (Å²) in [6.07, 6.45) is 0. The number of benzene rings is 3. The Bertz CT molecular complexity index is 1350. The van der Waals surface area contributed by atoms with Gasteiger partial charge in [-0.05, 0) is 73.4 Å².